The lowest BCUT2D eigenvalue weighted by Gasteiger charge is -2.20. The van der Waals surface area contributed by atoms with Crippen molar-refractivity contribution in [3.8, 4) is 0 Å². The van der Waals surface area contributed by atoms with E-state index in [2.05, 4.69) is 39.2 Å². The van der Waals surface area contributed by atoms with Gasteiger partial charge >= 0.3 is 0 Å². The van der Waals surface area contributed by atoms with Crippen LogP contribution < -0.4 is 5.32 Å². The van der Waals surface area contributed by atoms with Crippen molar-refractivity contribution in [1.82, 2.24) is 10.3 Å². The molecule has 2 nitrogen and oxygen atoms in total. The summed E-state index contributed by atoms with van der Waals surface area (Å²) in [5.74, 6) is 0. The number of benzene rings is 1. The molecule has 0 aliphatic carbocycles. The Kier molecular flexibility index (Phi) is 6.49. The maximum atomic E-state index is 6.28. The molecule has 0 aliphatic rings. The van der Waals surface area contributed by atoms with Crippen molar-refractivity contribution in [2.24, 2.45) is 0 Å². The molecule has 1 aromatic carbocycles. The number of halogens is 3. The van der Waals surface area contributed by atoms with E-state index in [1.807, 2.05) is 24.4 Å². The smallest absolute Gasteiger partial charge is 0.0439 e. The summed E-state index contributed by atoms with van der Waals surface area (Å²) in [4.78, 5) is 4.25. The summed E-state index contributed by atoms with van der Waals surface area (Å²) in [7, 11) is 0. The summed E-state index contributed by atoms with van der Waals surface area (Å²) in [5, 5.41) is 4.99. The average Bonchev–Trinajstić information content (AvgIpc) is 2.47. The third-order valence-corrected chi connectivity index (χ3v) is 4.24. The number of nitrogens with one attached hydrogen (secondary N) is 1. The summed E-state index contributed by atoms with van der Waals surface area (Å²) in [6.45, 7) is 3.09. The van der Waals surface area contributed by atoms with Crippen LogP contribution in [-0.4, -0.2) is 11.5 Å². The Hall–Kier alpha value is -0.610. The molecular formula is C16H17BrCl2N2. The predicted molar refractivity (Wildman–Crippen MR) is 93.1 cm³/mol. The first kappa shape index (κ1) is 16.8. The number of pyridine rings is 1. The molecule has 21 heavy (non-hydrogen) atoms. The second-order valence-electron chi connectivity index (χ2n) is 4.88. The molecule has 1 N–H and O–H groups in total. The molecule has 0 fully saturated rings. The van der Waals surface area contributed by atoms with Gasteiger partial charge in [0.2, 0.25) is 0 Å². The van der Waals surface area contributed by atoms with Crippen LogP contribution in [-0.2, 0) is 6.42 Å². The Morgan fingerprint density at radius 3 is 2.76 bits per heavy atom. The Bertz CT molecular complexity index is 605. The van der Waals surface area contributed by atoms with Crippen LogP contribution >= 0.6 is 39.1 Å². The summed E-state index contributed by atoms with van der Waals surface area (Å²) in [5.41, 5.74) is 2.17. The van der Waals surface area contributed by atoms with Gasteiger partial charge in [-0.25, -0.2) is 0 Å². The molecule has 1 atom stereocenters. The Labute approximate surface area is 144 Å². The molecule has 1 heterocycles. The molecule has 0 bridgehead atoms. The highest BCUT2D eigenvalue weighted by atomic mass is 79.9. The molecule has 5 heteroatoms. The minimum absolute atomic E-state index is 0.158. The second-order valence-corrected chi connectivity index (χ2v) is 6.64. The van der Waals surface area contributed by atoms with Crippen molar-refractivity contribution in [2.45, 2.75) is 25.8 Å². The summed E-state index contributed by atoms with van der Waals surface area (Å²) in [6.07, 6.45) is 5.52. The summed E-state index contributed by atoms with van der Waals surface area (Å²) >= 11 is 15.8. The van der Waals surface area contributed by atoms with E-state index in [0.717, 1.165) is 40.0 Å². The predicted octanol–water partition coefficient (Wildman–Crippen LogP) is 5.43. The van der Waals surface area contributed by atoms with Gasteiger partial charge < -0.3 is 5.32 Å². The van der Waals surface area contributed by atoms with Crippen LogP contribution in [0, 0.1) is 0 Å². The Morgan fingerprint density at radius 1 is 1.24 bits per heavy atom. The molecule has 0 radical (unpaired) electrons. The Morgan fingerprint density at radius 2 is 2.05 bits per heavy atom. The van der Waals surface area contributed by atoms with Crippen LogP contribution in [0.5, 0.6) is 0 Å². The molecule has 112 valence electrons. The van der Waals surface area contributed by atoms with E-state index in [1.54, 1.807) is 6.20 Å². The molecule has 0 saturated heterocycles. The van der Waals surface area contributed by atoms with E-state index < -0.39 is 0 Å². The molecule has 0 aliphatic heterocycles. The molecule has 0 spiro atoms. The van der Waals surface area contributed by atoms with Crippen LogP contribution in [0.4, 0.5) is 0 Å². The van der Waals surface area contributed by atoms with Gasteiger partial charge in [0.05, 0.1) is 0 Å². The number of aromatic nitrogens is 1. The average molecular weight is 388 g/mol. The maximum absolute atomic E-state index is 6.28. The normalized spacial score (nSPS) is 12.4. The van der Waals surface area contributed by atoms with Crippen molar-refractivity contribution < 1.29 is 0 Å². The van der Waals surface area contributed by atoms with Gasteiger partial charge in [0.15, 0.2) is 0 Å². The van der Waals surface area contributed by atoms with Gasteiger partial charge in [-0.2, -0.15) is 0 Å². The standard InChI is InChI=1S/C16H17BrCl2N2/c1-2-5-21-16(12-6-13(17)10-20-9-12)8-11-7-14(18)3-4-15(11)19/h3-4,6-7,9-10,16,21H,2,5,8H2,1H3. The summed E-state index contributed by atoms with van der Waals surface area (Å²) in [6, 6.07) is 7.82. The van der Waals surface area contributed by atoms with Gasteiger partial charge in [0.1, 0.15) is 0 Å². The Balaban J connectivity index is 2.25. The summed E-state index contributed by atoms with van der Waals surface area (Å²) < 4.78 is 0.973. The highest BCUT2D eigenvalue weighted by Gasteiger charge is 2.14. The fourth-order valence-electron chi connectivity index (χ4n) is 2.16. The van der Waals surface area contributed by atoms with E-state index >= 15 is 0 Å². The van der Waals surface area contributed by atoms with E-state index in [9.17, 15) is 0 Å². The third kappa shape index (κ3) is 4.96. The number of nitrogens with zero attached hydrogens (tertiary/aromatic N) is 1. The maximum Gasteiger partial charge on any atom is 0.0439 e. The molecule has 2 aromatic rings. The molecule has 1 unspecified atom stereocenters. The third-order valence-electron chi connectivity index (χ3n) is 3.20. The zero-order valence-electron chi connectivity index (χ0n) is 11.7. The highest BCUT2D eigenvalue weighted by molar-refractivity contribution is 9.10. The fraction of sp³-hybridized carbons (Fsp3) is 0.312. The van der Waals surface area contributed by atoms with Gasteiger partial charge in [-0.1, -0.05) is 30.1 Å². The van der Waals surface area contributed by atoms with E-state index in [1.165, 1.54) is 0 Å². The van der Waals surface area contributed by atoms with Crippen molar-refractivity contribution in [2.75, 3.05) is 6.54 Å². The van der Waals surface area contributed by atoms with Crippen LogP contribution in [0.1, 0.15) is 30.5 Å². The molecule has 0 amide bonds. The van der Waals surface area contributed by atoms with Gasteiger partial charge in [-0.15, -0.1) is 0 Å². The van der Waals surface area contributed by atoms with Gasteiger partial charge in [0, 0.05) is 33.0 Å². The van der Waals surface area contributed by atoms with Gasteiger partial charge in [-0.05, 0) is 70.7 Å². The number of hydrogen-bond acceptors (Lipinski definition) is 2. The van der Waals surface area contributed by atoms with Crippen LogP contribution in [0.15, 0.2) is 41.1 Å². The first-order valence-corrected chi connectivity index (χ1v) is 8.42. The monoisotopic (exact) mass is 386 g/mol. The second kappa shape index (κ2) is 8.14. The van der Waals surface area contributed by atoms with Crippen molar-refractivity contribution in [1.29, 1.82) is 0 Å². The largest absolute Gasteiger partial charge is 0.310 e. The van der Waals surface area contributed by atoms with Crippen molar-refractivity contribution in [3.63, 3.8) is 0 Å². The van der Waals surface area contributed by atoms with Gasteiger partial charge in [0.25, 0.3) is 0 Å². The molecular weight excluding hydrogens is 371 g/mol. The lowest BCUT2D eigenvalue weighted by Crippen LogP contribution is -2.24. The molecule has 0 saturated carbocycles. The lowest BCUT2D eigenvalue weighted by molar-refractivity contribution is 0.528. The van der Waals surface area contributed by atoms with Crippen LogP contribution in [0.3, 0.4) is 0 Å². The number of hydrogen-bond donors (Lipinski definition) is 1. The van der Waals surface area contributed by atoms with Gasteiger partial charge in [-0.3, -0.25) is 4.98 Å². The quantitative estimate of drug-likeness (QED) is 0.714. The van der Waals surface area contributed by atoms with E-state index in [-0.39, 0.29) is 6.04 Å². The van der Waals surface area contributed by atoms with Crippen molar-refractivity contribution in [3.05, 3.63) is 62.3 Å². The number of rotatable bonds is 6. The first-order chi connectivity index (χ1) is 10.1. The SMILES string of the molecule is CCCNC(Cc1cc(Cl)ccc1Cl)c1cncc(Br)c1. The van der Waals surface area contributed by atoms with Crippen molar-refractivity contribution >= 4 is 39.1 Å². The van der Waals surface area contributed by atoms with Crippen LogP contribution in [0.25, 0.3) is 0 Å². The van der Waals surface area contributed by atoms with E-state index in [4.69, 9.17) is 23.2 Å². The fourth-order valence-corrected chi connectivity index (χ4v) is 2.94. The zero-order chi connectivity index (χ0) is 15.2. The lowest BCUT2D eigenvalue weighted by atomic mass is 10.00. The zero-order valence-corrected chi connectivity index (χ0v) is 14.8. The minimum Gasteiger partial charge on any atom is -0.310 e. The molecule has 2 rings (SSSR count). The molecule has 1 aromatic heterocycles. The van der Waals surface area contributed by atoms with E-state index in [0.29, 0.717) is 5.02 Å². The first-order valence-electron chi connectivity index (χ1n) is 6.88. The topological polar surface area (TPSA) is 24.9 Å². The highest BCUT2D eigenvalue weighted by Crippen LogP contribution is 2.27. The minimum atomic E-state index is 0.158. The van der Waals surface area contributed by atoms with Crippen LogP contribution in [0.2, 0.25) is 10.0 Å².